The smallest absolute Gasteiger partial charge is 0.253 e. The fourth-order valence-electron chi connectivity index (χ4n) is 3.96. The van der Waals surface area contributed by atoms with Crippen molar-refractivity contribution in [3.8, 4) is 5.69 Å². The molecular weight excluding hydrogens is 402 g/mol. The van der Waals surface area contributed by atoms with Crippen LogP contribution in [-0.4, -0.2) is 64.1 Å². The molecule has 0 bridgehead atoms. The standard InChI is InChI=1S/C25H29N5O2/c1-18-5-4-6-23(20(18)3)27-24(31)17-28-13-15-29(16-14-28)25(32)21-7-9-22(10-8-21)30-19(2)11-12-26-30/h4-12H,13-17H2,1-3H3,(H,27,31). The van der Waals surface area contributed by atoms with Crippen LogP contribution in [0.1, 0.15) is 27.2 Å². The summed E-state index contributed by atoms with van der Waals surface area (Å²) in [5.74, 6) is -0.00351. The highest BCUT2D eigenvalue weighted by Gasteiger charge is 2.23. The van der Waals surface area contributed by atoms with E-state index in [1.807, 2.05) is 78.9 Å². The van der Waals surface area contributed by atoms with Gasteiger partial charge in [0.1, 0.15) is 0 Å². The molecule has 0 unspecified atom stereocenters. The van der Waals surface area contributed by atoms with Crippen LogP contribution in [0.25, 0.3) is 5.69 Å². The van der Waals surface area contributed by atoms with Gasteiger partial charge in [0.05, 0.1) is 12.2 Å². The van der Waals surface area contributed by atoms with E-state index in [9.17, 15) is 9.59 Å². The van der Waals surface area contributed by atoms with Crippen molar-refractivity contribution in [1.82, 2.24) is 19.6 Å². The van der Waals surface area contributed by atoms with E-state index in [1.54, 1.807) is 6.20 Å². The number of aryl methyl sites for hydroxylation is 2. The van der Waals surface area contributed by atoms with Crippen LogP contribution < -0.4 is 5.32 Å². The number of benzene rings is 2. The zero-order chi connectivity index (χ0) is 22.7. The lowest BCUT2D eigenvalue weighted by molar-refractivity contribution is -0.117. The van der Waals surface area contributed by atoms with Gasteiger partial charge in [0.2, 0.25) is 5.91 Å². The molecule has 2 amide bonds. The maximum Gasteiger partial charge on any atom is 0.253 e. The molecule has 7 heteroatoms. The van der Waals surface area contributed by atoms with Crippen LogP contribution in [0.5, 0.6) is 0 Å². The lowest BCUT2D eigenvalue weighted by Gasteiger charge is -2.34. The molecule has 7 nitrogen and oxygen atoms in total. The fraction of sp³-hybridized carbons (Fsp3) is 0.320. The summed E-state index contributed by atoms with van der Waals surface area (Å²) in [4.78, 5) is 29.3. The lowest BCUT2D eigenvalue weighted by Crippen LogP contribution is -2.50. The maximum atomic E-state index is 12.9. The number of nitrogens with one attached hydrogen (secondary N) is 1. The molecule has 1 aliphatic heterocycles. The van der Waals surface area contributed by atoms with Crippen molar-refractivity contribution in [2.45, 2.75) is 20.8 Å². The average Bonchev–Trinajstić information content (AvgIpc) is 3.23. The Kier molecular flexibility index (Phi) is 6.37. The highest BCUT2D eigenvalue weighted by atomic mass is 16.2. The first kappa shape index (κ1) is 21.8. The van der Waals surface area contributed by atoms with Gasteiger partial charge in [0.25, 0.3) is 5.91 Å². The van der Waals surface area contributed by atoms with Gasteiger partial charge in [-0.1, -0.05) is 12.1 Å². The molecule has 0 atom stereocenters. The summed E-state index contributed by atoms with van der Waals surface area (Å²) in [6, 6.07) is 15.4. The first-order chi connectivity index (χ1) is 15.4. The number of anilines is 1. The largest absolute Gasteiger partial charge is 0.336 e. The van der Waals surface area contributed by atoms with Crippen molar-refractivity contribution in [3.63, 3.8) is 0 Å². The molecule has 2 heterocycles. The van der Waals surface area contributed by atoms with Crippen molar-refractivity contribution in [2.24, 2.45) is 0 Å². The Bertz CT molecular complexity index is 1110. The molecule has 1 aliphatic rings. The number of piperazine rings is 1. The van der Waals surface area contributed by atoms with Gasteiger partial charge < -0.3 is 10.2 Å². The van der Waals surface area contributed by atoms with Gasteiger partial charge in [-0.05, 0) is 68.3 Å². The van der Waals surface area contributed by atoms with Crippen molar-refractivity contribution in [3.05, 3.63) is 77.1 Å². The average molecular weight is 432 g/mol. The SMILES string of the molecule is Cc1cccc(NC(=O)CN2CCN(C(=O)c3ccc(-n4nccc4C)cc3)CC2)c1C. The maximum absolute atomic E-state index is 12.9. The summed E-state index contributed by atoms with van der Waals surface area (Å²) < 4.78 is 1.84. The highest BCUT2D eigenvalue weighted by molar-refractivity contribution is 5.95. The summed E-state index contributed by atoms with van der Waals surface area (Å²) >= 11 is 0. The fourth-order valence-corrected chi connectivity index (χ4v) is 3.96. The van der Waals surface area contributed by atoms with Gasteiger partial charge in [-0.2, -0.15) is 5.10 Å². The van der Waals surface area contributed by atoms with Crippen LogP contribution >= 0.6 is 0 Å². The molecular formula is C25H29N5O2. The van der Waals surface area contributed by atoms with E-state index in [0.717, 1.165) is 28.2 Å². The molecule has 1 N–H and O–H groups in total. The molecule has 1 fully saturated rings. The quantitative estimate of drug-likeness (QED) is 0.674. The Balaban J connectivity index is 1.29. The number of aromatic nitrogens is 2. The molecule has 1 saturated heterocycles. The van der Waals surface area contributed by atoms with Crippen LogP contribution in [0.4, 0.5) is 5.69 Å². The van der Waals surface area contributed by atoms with Crippen LogP contribution in [0.3, 0.4) is 0 Å². The molecule has 0 radical (unpaired) electrons. The Morgan fingerprint density at radius 3 is 2.31 bits per heavy atom. The third kappa shape index (κ3) is 4.73. The number of rotatable bonds is 5. The van der Waals surface area contributed by atoms with Gasteiger partial charge in [-0.15, -0.1) is 0 Å². The first-order valence-electron chi connectivity index (χ1n) is 10.9. The second-order valence-corrected chi connectivity index (χ2v) is 8.30. The zero-order valence-corrected chi connectivity index (χ0v) is 18.8. The Labute approximate surface area is 188 Å². The van der Waals surface area contributed by atoms with Gasteiger partial charge >= 0.3 is 0 Å². The predicted octanol–water partition coefficient (Wildman–Crippen LogP) is 3.19. The van der Waals surface area contributed by atoms with E-state index in [-0.39, 0.29) is 11.8 Å². The first-order valence-corrected chi connectivity index (χ1v) is 10.9. The van der Waals surface area contributed by atoms with Gasteiger partial charge in [-0.3, -0.25) is 14.5 Å². The van der Waals surface area contributed by atoms with E-state index in [4.69, 9.17) is 0 Å². The third-order valence-electron chi connectivity index (χ3n) is 6.10. The Morgan fingerprint density at radius 2 is 1.66 bits per heavy atom. The second-order valence-electron chi connectivity index (χ2n) is 8.30. The molecule has 1 aromatic heterocycles. The number of carbonyl (C=O) groups is 2. The van der Waals surface area contributed by atoms with E-state index in [1.165, 1.54) is 0 Å². The minimum absolute atomic E-state index is 0.0215. The van der Waals surface area contributed by atoms with Crippen LogP contribution in [0.15, 0.2) is 54.7 Å². The summed E-state index contributed by atoms with van der Waals surface area (Å²) in [5.41, 5.74) is 5.75. The molecule has 32 heavy (non-hydrogen) atoms. The Hall–Kier alpha value is -3.45. The van der Waals surface area contributed by atoms with Gasteiger partial charge in [0.15, 0.2) is 0 Å². The van der Waals surface area contributed by atoms with E-state index in [2.05, 4.69) is 15.3 Å². The molecule has 2 aromatic carbocycles. The molecule has 0 spiro atoms. The van der Waals surface area contributed by atoms with E-state index < -0.39 is 0 Å². The van der Waals surface area contributed by atoms with Crippen LogP contribution in [-0.2, 0) is 4.79 Å². The summed E-state index contributed by atoms with van der Waals surface area (Å²) in [5, 5.41) is 7.31. The topological polar surface area (TPSA) is 70.5 Å². The third-order valence-corrected chi connectivity index (χ3v) is 6.10. The normalized spacial score (nSPS) is 14.4. The van der Waals surface area contributed by atoms with Crippen molar-refractivity contribution in [2.75, 3.05) is 38.0 Å². The van der Waals surface area contributed by atoms with Crippen LogP contribution in [0.2, 0.25) is 0 Å². The van der Waals surface area contributed by atoms with Gasteiger partial charge in [-0.25, -0.2) is 4.68 Å². The molecule has 4 rings (SSSR count). The number of nitrogens with zero attached hydrogens (tertiary/aromatic N) is 4. The summed E-state index contributed by atoms with van der Waals surface area (Å²) in [6.45, 7) is 8.94. The zero-order valence-electron chi connectivity index (χ0n) is 18.8. The van der Waals surface area contributed by atoms with E-state index >= 15 is 0 Å². The van der Waals surface area contributed by atoms with Crippen molar-refractivity contribution < 1.29 is 9.59 Å². The van der Waals surface area contributed by atoms with Crippen LogP contribution in [0, 0.1) is 20.8 Å². The van der Waals surface area contributed by atoms with E-state index in [0.29, 0.717) is 38.3 Å². The number of amides is 2. The molecule has 166 valence electrons. The van der Waals surface area contributed by atoms with Crippen molar-refractivity contribution in [1.29, 1.82) is 0 Å². The predicted molar refractivity (Wildman–Crippen MR) is 125 cm³/mol. The molecule has 0 saturated carbocycles. The monoisotopic (exact) mass is 431 g/mol. The summed E-state index contributed by atoms with van der Waals surface area (Å²) in [7, 11) is 0. The highest BCUT2D eigenvalue weighted by Crippen LogP contribution is 2.18. The lowest BCUT2D eigenvalue weighted by atomic mass is 10.1. The molecule has 0 aliphatic carbocycles. The number of hydrogen-bond acceptors (Lipinski definition) is 4. The number of hydrogen-bond donors (Lipinski definition) is 1. The molecule has 3 aromatic rings. The Morgan fingerprint density at radius 1 is 0.938 bits per heavy atom. The summed E-state index contributed by atoms with van der Waals surface area (Å²) in [6.07, 6.45) is 1.76. The van der Waals surface area contributed by atoms with Gasteiger partial charge in [0, 0.05) is 49.3 Å². The number of carbonyl (C=O) groups excluding carboxylic acids is 2. The minimum atomic E-state index is -0.0250. The van der Waals surface area contributed by atoms with Crippen molar-refractivity contribution >= 4 is 17.5 Å². The minimum Gasteiger partial charge on any atom is -0.336 e. The second kappa shape index (κ2) is 9.36.